The van der Waals surface area contributed by atoms with Crippen molar-refractivity contribution in [3.05, 3.63) is 23.8 Å². The fraction of sp³-hybridized carbons (Fsp3) is 0.400. The van der Waals surface area contributed by atoms with Crippen LogP contribution in [0.3, 0.4) is 0 Å². The Labute approximate surface area is 76.8 Å². The molecule has 4 N–H and O–H groups in total. The molecule has 1 aromatic rings. The van der Waals surface area contributed by atoms with Gasteiger partial charge in [0.1, 0.15) is 11.5 Å². The van der Waals surface area contributed by atoms with Crippen LogP contribution in [-0.4, -0.2) is 16.8 Å². The first kappa shape index (κ1) is 8.38. The molecule has 0 aromatic heterocycles. The first-order valence-corrected chi connectivity index (χ1v) is 4.44. The van der Waals surface area contributed by atoms with Crippen LogP contribution in [0.15, 0.2) is 18.2 Å². The van der Waals surface area contributed by atoms with Gasteiger partial charge in [0.15, 0.2) is 0 Å². The van der Waals surface area contributed by atoms with Gasteiger partial charge in [-0.1, -0.05) is 0 Å². The molecular formula is C10H13NO2. The van der Waals surface area contributed by atoms with Crippen molar-refractivity contribution in [2.45, 2.75) is 12.3 Å². The average Bonchev–Trinajstić information content (AvgIpc) is 2.88. The monoisotopic (exact) mass is 179 g/mol. The maximum atomic E-state index is 9.51. The molecule has 70 valence electrons. The smallest absolute Gasteiger partial charge is 0.119 e. The van der Waals surface area contributed by atoms with Crippen LogP contribution in [0.1, 0.15) is 17.9 Å². The van der Waals surface area contributed by atoms with E-state index < -0.39 is 0 Å². The van der Waals surface area contributed by atoms with Crippen LogP contribution in [0, 0.1) is 5.92 Å². The zero-order valence-corrected chi connectivity index (χ0v) is 7.27. The molecule has 2 unspecified atom stereocenters. The van der Waals surface area contributed by atoms with Gasteiger partial charge in [0.2, 0.25) is 0 Å². The van der Waals surface area contributed by atoms with Gasteiger partial charge < -0.3 is 15.9 Å². The SMILES string of the molecule is NCC1CC1c1cc(O)ccc1O. The third kappa shape index (κ3) is 1.47. The van der Waals surface area contributed by atoms with E-state index in [1.165, 1.54) is 12.1 Å². The van der Waals surface area contributed by atoms with E-state index in [0.717, 1.165) is 12.0 Å². The number of rotatable bonds is 2. The predicted octanol–water partition coefficient (Wildman–Crippen LogP) is 1.16. The Morgan fingerprint density at radius 1 is 1.38 bits per heavy atom. The fourth-order valence-corrected chi connectivity index (χ4v) is 1.73. The summed E-state index contributed by atoms with van der Waals surface area (Å²) in [6, 6.07) is 4.63. The molecule has 2 atom stereocenters. The maximum absolute atomic E-state index is 9.51. The number of aromatic hydroxyl groups is 2. The van der Waals surface area contributed by atoms with Crippen molar-refractivity contribution in [3.8, 4) is 11.5 Å². The van der Waals surface area contributed by atoms with Crippen molar-refractivity contribution in [1.82, 2.24) is 0 Å². The Morgan fingerprint density at radius 3 is 2.77 bits per heavy atom. The molecule has 1 fully saturated rings. The van der Waals surface area contributed by atoms with Crippen LogP contribution in [0.2, 0.25) is 0 Å². The second-order valence-corrected chi connectivity index (χ2v) is 3.58. The lowest BCUT2D eigenvalue weighted by Crippen LogP contribution is -2.01. The molecule has 0 heterocycles. The van der Waals surface area contributed by atoms with Crippen LogP contribution < -0.4 is 5.73 Å². The van der Waals surface area contributed by atoms with Gasteiger partial charge in [-0.05, 0) is 43.0 Å². The van der Waals surface area contributed by atoms with Crippen LogP contribution in [0.25, 0.3) is 0 Å². The van der Waals surface area contributed by atoms with E-state index in [4.69, 9.17) is 5.73 Å². The summed E-state index contributed by atoms with van der Waals surface area (Å²) in [6.07, 6.45) is 1.02. The molecule has 1 aliphatic rings. The number of phenolic OH excluding ortho intramolecular Hbond substituents is 2. The molecule has 0 radical (unpaired) electrons. The van der Waals surface area contributed by atoms with Crippen LogP contribution in [0.4, 0.5) is 0 Å². The van der Waals surface area contributed by atoms with Gasteiger partial charge >= 0.3 is 0 Å². The van der Waals surface area contributed by atoms with E-state index in [0.29, 0.717) is 18.4 Å². The molecular weight excluding hydrogens is 166 g/mol. The van der Waals surface area contributed by atoms with Gasteiger partial charge in [-0.25, -0.2) is 0 Å². The molecule has 0 amide bonds. The van der Waals surface area contributed by atoms with Gasteiger partial charge in [0.25, 0.3) is 0 Å². The molecule has 13 heavy (non-hydrogen) atoms. The maximum Gasteiger partial charge on any atom is 0.119 e. The Kier molecular flexibility index (Phi) is 1.88. The minimum Gasteiger partial charge on any atom is -0.508 e. The van der Waals surface area contributed by atoms with Gasteiger partial charge in [-0.15, -0.1) is 0 Å². The molecule has 0 saturated heterocycles. The Balaban J connectivity index is 2.25. The van der Waals surface area contributed by atoms with Crippen molar-refractivity contribution in [3.63, 3.8) is 0 Å². The third-order valence-corrected chi connectivity index (χ3v) is 2.64. The normalized spacial score (nSPS) is 25.9. The topological polar surface area (TPSA) is 66.5 Å². The van der Waals surface area contributed by atoms with Gasteiger partial charge in [-0.3, -0.25) is 0 Å². The zero-order valence-electron chi connectivity index (χ0n) is 7.27. The molecule has 0 spiro atoms. The first-order valence-electron chi connectivity index (χ1n) is 4.44. The molecule has 3 nitrogen and oxygen atoms in total. The van der Waals surface area contributed by atoms with Crippen LogP contribution in [-0.2, 0) is 0 Å². The van der Waals surface area contributed by atoms with E-state index in [2.05, 4.69) is 0 Å². The third-order valence-electron chi connectivity index (χ3n) is 2.64. The standard InChI is InChI=1S/C10H13NO2/c11-5-6-3-8(6)9-4-7(12)1-2-10(9)13/h1-2,4,6,8,12-13H,3,5,11H2. The number of nitrogens with two attached hydrogens (primary N) is 1. The predicted molar refractivity (Wildman–Crippen MR) is 49.7 cm³/mol. The summed E-state index contributed by atoms with van der Waals surface area (Å²) >= 11 is 0. The Bertz CT molecular complexity index is 325. The van der Waals surface area contributed by atoms with Crippen molar-refractivity contribution in [2.75, 3.05) is 6.54 Å². The molecule has 1 aliphatic carbocycles. The summed E-state index contributed by atoms with van der Waals surface area (Å²) < 4.78 is 0. The second kappa shape index (κ2) is 2.92. The minimum atomic E-state index is 0.204. The van der Waals surface area contributed by atoms with E-state index in [1.54, 1.807) is 6.07 Å². The summed E-state index contributed by atoms with van der Waals surface area (Å²) in [5.74, 6) is 1.29. The Hall–Kier alpha value is -1.22. The van der Waals surface area contributed by atoms with Crippen LogP contribution in [0.5, 0.6) is 11.5 Å². The summed E-state index contributed by atoms with van der Waals surface area (Å²) in [5.41, 5.74) is 6.33. The quantitative estimate of drug-likeness (QED) is 0.597. The first-order chi connectivity index (χ1) is 6.22. The van der Waals surface area contributed by atoms with Crippen LogP contribution >= 0.6 is 0 Å². The summed E-state index contributed by atoms with van der Waals surface area (Å²) in [7, 11) is 0. The Morgan fingerprint density at radius 2 is 2.15 bits per heavy atom. The zero-order chi connectivity index (χ0) is 9.42. The molecule has 1 aromatic carbocycles. The molecule has 1 saturated carbocycles. The number of phenols is 2. The average molecular weight is 179 g/mol. The molecule has 0 aliphatic heterocycles. The largest absolute Gasteiger partial charge is 0.508 e. The number of hydrogen-bond acceptors (Lipinski definition) is 3. The number of hydrogen-bond donors (Lipinski definition) is 3. The van der Waals surface area contributed by atoms with Gasteiger partial charge in [0.05, 0.1) is 0 Å². The van der Waals surface area contributed by atoms with Crippen molar-refractivity contribution in [1.29, 1.82) is 0 Å². The lowest BCUT2D eigenvalue weighted by molar-refractivity contribution is 0.453. The van der Waals surface area contributed by atoms with E-state index >= 15 is 0 Å². The summed E-state index contributed by atoms with van der Waals surface area (Å²) in [4.78, 5) is 0. The molecule has 0 bridgehead atoms. The van der Waals surface area contributed by atoms with Gasteiger partial charge in [-0.2, -0.15) is 0 Å². The van der Waals surface area contributed by atoms with Gasteiger partial charge in [0, 0.05) is 5.56 Å². The van der Waals surface area contributed by atoms with Crippen molar-refractivity contribution < 1.29 is 10.2 Å². The lowest BCUT2D eigenvalue weighted by atomic mass is 10.1. The highest BCUT2D eigenvalue weighted by molar-refractivity contribution is 5.43. The second-order valence-electron chi connectivity index (χ2n) is 3.58. The minimum absolute atomic E-state index is 0.204. The molecule has 2 rings (SSSR count). The summed E-state index contributed by atoms with van der Waals surface area (Å²) in [5, 5.41) is 18.7. The summed E-state index contributed by atoms with van der Waals surface area (Å²) in [6.45, 7) is 0.653. The highest BCUT2D eigenvalue weighted by atomic mass is 16.3. The number of benzene rings is 1. The van der Waals surface area contributed by atoms with Crippen molar-refractivity contribution in [2.24, 2.45) is 11.7 Å². The van der Waals surface area contributed by atoms with E-state index in [-0.39, 0.29) is 11.5 Å². The highest BCUT2D eigenvalue weighted by Gasteiger charge is 2.38. The fourth-order valence-electron chi connectivity index (χ4n) is 1.73. The van der Waals surface area contributed by atoms with E-state index in [1.807, 2.05) is 0 Å². The van der Waals surface area contributed by atoms with E-state index in [9.17, 15) is 10.2 Å². The highest BCUT2D eigenvalue weighted by Crippen LogP contribution is 2.50. The molecule has 3 heteroatoms. The van der Waals surface area contributed by atoms with Crippen molar-refractivity contribution >= 4 is 0 Å². The lowest BCUT2D eigenvalue weighted by Gasteiger charge is -2.03.